The van der Waals surface area contributed by atoms with Crippen LogP contribution in [0.5, 0.6) is 0 Å². The Bertz CT molecular complexity index is 188. The van der Waals surface area contributed by atoms with Crippen molar-refractivity contribution in [3.8, 4) is 0 Å². The predicted octanol–water partition coefficient (Wildman–Crippen LogP) is 0.166. The molecular formula is C6H9NO4S. The van der Waals surface area contributed by atoms with E-state index in [-0.39, 0.29) is 6.54 Å². The highest BCUT2D eigenvalue weighted by molar-refractivity contribution is 8.00. The standard InChI is InChI=1S/C6H9NO4S/c8-5(9)4-3-7(6(10)11)1-2-12-4/h4H,1-3H2,(H,8,9)(H,10,11). The largest absolute Gasteiger partial charge is 0.480 e. The van der Waals surface area contributed by atoms with Crippen LogP contribution < -0.4 is 0 Å². The summed E-state index contributed by atoms with van der Waals surface area (Å²) < 4.78 is 0. The molecule has 1 unspecified atom stereocenters. The summed E-state index contributed by atoms with van der Waals surface area (Å²) in [6, 6.07) is 0. The highest BCUT2D eigenvalue weighted by Crippen LogP contribution is 2.18. The number of amides is 1. The molecule has 0 aromatic carbocycles. The normalized spacial score (nSPS) is 23.7. The van der Waals surface area contributed by atoms with Gasteiger partial charge in [0.2, 0.25) is 0 Å². The van der Waals surface area contributed by atoms with Crippen molar-refractivity contribution in [3.63, 3.8) is 0 Å². The molecule has 1 aliphatic heterocycles. The molecule has 1 atom stereocenters. The lowest BCUT2D eigenvalue weighted by Gasteiger charge is -2.27. The molecule has 0 aromatic rings. The Labute approximate surface area is 73.4 Å². The minimum absolute atomic E-state index is 0.0926. The van der Waals surface area contributed by atoms with Gasteiger partial charge in [-0.1, -0.05) is 0 Å². The summed E-state index contributed by atoms with van der Waals surface area (Å²) in [6.07, 6.45) is -1.04. The molecule has 2 N–H and O–H groups in total. The van der Waals surface area contributed by atoms with E-state index in [0.29, 0.717) is 12.3 Å². The Kier molecular flexibility index (Phi) is 2.80. The fourth-order valence-electron chi connectivity index (χ4n) is 0.972. The molecule has 1 heterocycles. The fraction of sp³-hybridized carbons (Fsp3) is 0.667. The molecule has 12 heavy (non-hydrogen) atoms. The Morgan fingerprint density at radius 2 is 2.08 bits per heavy atom. The van der Waals surface area contributed by atoms with Gasteiger partial charge >= 0.3 is 12.1 Å². The zero-order valence-corrected chi connectivity index (χ0v) is 7.08. The van der Waals surface area contributed by atoms with Gasteiger partial charge in [-0.2, -0.15) is 0 Å². The molecule has 5 nitrogen and oxygen atoms in total. The molecule has 1 fully saturated rings. The molecule has 0 bridgehead atoms. The highest BCUT2D eigenvalue weighted by Gasteiger charge is 2.28. The van der Waals surface area contributed by atoms with E-state index in [1.807, 2.05) is 0 Å². The van der Waals surface area contributed by atoms with Crippen molar-refractivity contribution in [2.75, 3.05) is 18.8 Å². The second-order valence-corrected chi connectivity index (χ2v) is 3.74. The summed E-state index contributed by atoms with van der Waals surface area (Å²) in [5.41, 5.74) is 0. The van der Waals surface area contributed by atoms with E-state index in [0.717, 1.165) is 4.90 Å². The second kappa shape index (κ2) is 3.66. The summed E-state index contributed by atoms with van der Waals surface area (Å²) in [4.78, 5) is 22.1. The van der Waals surface area contributed by atoms with Crippen molar-refractivity contribution in [3.05, 3.63) is 0 Å². The molecule has 0 saturated carbocycles. The van der Waals surface area contributed by atoms with Crippen LogP contribution in [0.3, 0.4) is 0 Å². The van der Waals surface area contributed by atoms with Crippen molar-refractivity contribution in [2.24, 2.45) is 0 Å². The van der Waals surface area contributed by atoms with E-state index in [4.69, 9.17) is 10.2 Å². The SMILES string of the molecule is O=C(O)C1CN(C(=O)O)CCS1. The molecule has 1 saturated heterocycles. The number of carbonyl (C=O) groups is 2. The van der Waals surface area contributed by atoms with E-state index in [2.05, 4.69) is 0 Å². The van der Waals surface area contributed by atoms with E-state index in [1.54, 1.807) is 0 Å². The zero-order chi connectivity index (χ0) is 9.14. The fourth-order valence-corrected chi connectivity index (χ4v) is 2.01. The molecule has 1 amide bonds. The van der Waals surface area contributed by atoms with Crippen LogP contribution in [0, 0.1) is 0 Å². The zero-order valence-electron chi connectivity index (χ0n) is 6.27. The van der Waals surface area contributed by atoms with Crippen LogP contribution in [-0.4, -0.2) is 51.3 Å². The smallest absolute Gasteiger partial charge is 0.407 e. The maximum Gasteiger partial charge on any atom is 0.407 e. The third-order valence-corrected chi connectivity index (χ3v) is 2.78. The predicted molar refractivity (Wildman–Crippen MR) is 43.5 cm³/mol. The van der Waals surface area contributed by atoms with Crippen LogP contribution >= 0.6 is 11.8 Å². The summed E-state index contributed by atoms with van der Waals surface area (Å²) in [6.45, 7) is 0.513. The lowest BCUT2D eigenvalue weighted by atomic mass is 10.4. The van der Waals surface area contributed by atoms with Crippen molar-refractivity contribution in [1.29, 1.82) is 0 Å². The van der Waals surface area contributed by atoms with Gasteiger partial charge in [0.25, 0.3) is 0 Å². The number of carboxylic acid groups (broad SMARTS) is 2. The number of carboxylic acids is 1. The number of thioether (sulfide) groups is 1. The Balaban J connectivity index is 2.51. The molecule has 1 aliphatic rings. The number of hydrogen-bond donors (Lipinski definition) is 2. The van der Waals surface area contributed by atoms with Crippen LogP contribution in [-0.2, 0) is 4.79 Å². The maximum atomic E-state index is 10.5. The molecule has 68 valence electrons. The van der Waals surface area contributed by atoms with Crippen LogP contribution in [0.1, 0.15) is 0 Å². The van der Waals surface area contributed by atoms with Gasteiger partial charge in [-0.25, -0.2) is 4.79 Å². The average Bonchev–Trinajstić information content (AvgIpc) is 2.04. The number of rotatable bonds is 1. The first-order chi connectivity index (χ1) is 5.61. The van der Waals surface area contributed by atoms with Gasteiger partial charge in [0.05, 0.1) is 0 Å². The maximum absolute atomic E-state index is 10.5. The summed E-state index contributed by atoms with van der Waals surface area (Å²) >= 11 is 1.29. The Morgan fingerprint density at radius 3 is 2.58 bits per heavy atom. The van der Waals surface area contributed by atoms with E-state index >= 15 is 0 Å². The van der Waals surface area contributed by atoms with Crippen molar-refractivity contribution >= 4 is 23.8 Å². The van der Waals surface area contributed by atoms with Crippen molar-refractivity contribution in [2.45, 2.75) is 5.25 Å². The average molecular weight is 191 g/mol. The first-order valence-electron chi connectivity index (χ1n) is 3.43. The van der Waals surface area contributed by atoms with Crippen LogP contribution in [0.25, 0.3) is 0 Å². The minimum atomic E-state index is -1.04. The number of hydrogen-bond acceptors (Lipinski definition) is 3. The second-order valence-electron chi connectivity index (χ2n) is 2.43. The molecule has 0 aromatic heterocycles. The van der Waals surface area contributed by atoms with Crippen molar-refractivity contribution in [1.82, 2.24) is 4.90 Å². The van der Waals surface area contributed by atoms with Crippen LogP contribution in [0.2, 0.25) is 0 Å². The van der Waals surface area contributed by atoms with Gasteiger partial charge in [-0.05, 0) is 0 Å². The lowest BCUT2D eigenvalue weighted by Crippen LogP contribution is -2.43. The van der Waals surface area contributed by atoms with E-state index < -0.39 is 17.3 Å². The van der Waals surface area contributed by atoms with Gasteiger partial charge in [0, 0.05) is 18.8 Å². The summed E-state index contributed by atoms with van der Waals surface area (Å²) in [7, 11) is 0. The van der Waals surface area contributed by atoms with Crippen LogP contribution in [0.15, 0.2) is 0 Å². The quantitative estimate of drug-likeness (QED) is 0.617. The summed E-state index contributed by atoms with van der Waals surface area (Å²) in [5, 5.41) is 16.6. The minimum Gasteiger partial charge on any atom is -0.480 e. The highest BCUT2D eigenvalue weighted by atomic mass is 32.2. The molecular weight excluding hydrogens is 182 g/mol. The Hall–Kier alpha value is -0.910. The van der Waals surface area contributed by atoms with Gasteiger partial charge in [-0.3, -0.25) is 4.79 Å². The summed E-state index contributed by atoms with van der Waals surface area (Å²) in [5.74, 6) is -0.380. The van der Waals surface area contributed by atoms with Gasteiger partial charge in [0.1, 0.15) is 5.25 Å². The monoisotopic (exact) mass is 191 g/mol. The Morgan fingerprint density at radius 1 is 1.42 bits per heavy atom. The van der Waals surface area contributed by atoms with Gasteiger partial charge in [0.15, 0.2) is 0 Å². The number of aliphatic carboxylic acids is 1. The topological polar surface area (TPSA) is 77.8 Å². The lowest BCUT2D eigenvalue weighted by molar-refractivity contribution is -0.136. The molecule has 0 aliphatic carbocycles. The molecule has 0 spiro atoms. The van der Waals surface area contributed by atoms with E-state index in [1.165, 1.54) is 11.8 Å². The van der Waals surface area contributed by atoms with Crippen molar-refractivity contribution < 1.29 is 19.8 Å². The molecule has 1 rings (SSSR count). The van der Waals surface area contributed by atoms with Crippen LogP contribution in [0.4, 0.5) is 4.79 Å². The molecule has 6 heteroatoms. The number of nitrogens with zero attached hydrogens (tertiary/aromatic N) is 1. The molecule has 0 radical (unpaired) electrons. The first-order valence-corrected chi connectivity index (χ1v) is 4.48. The van der Waals surface area contributed by atoms with Gasteiger partial charge < -0.3 is 15.1 Å². The first kappa shape index (κ1) is 9.18. The van der Waals surface area contributed by atoms with Gasteiger partial charge in [-0.15, -0.1) is 11.8 Å². The third-order valence-electron chi connectivity index (χ3n) is 1.61. The third kappa shape index (κ3) is 2.04. The van der Waals surface area contributed by atoms with E-state index in [9.17, 15) is 9.59 Å².